The summed E-state index contributed by atoms with van der Waals surface area (Å²) in [4.78, 5) is 28.8. The zero-order chi connectivity index (χ0) is 21.9. The van der Waals surface area contributed by atoms with Gasteiger partial charge >= 0.3 is 6.03 Å². The van der Waals surface area contributed by atoms with Crippen LogP contribution in [-0.2, 0) is 6.54 Å². The minimum Gasteiger partial charge on any atom is -0.371 e. The van der Waals surface area contributed by atoms with Crippen LogP contribution in [0, 0.1) is 0 Å². The molecule has 1 aromatic carbocycles. The van der Waals surface area contributed by atoms with Crippen molar-refractivity contribution in [3.8, 4) is 0 Å². The van der Waals surface area contributed by atoms with Crippen LogP contribution >= 0.6 is 0 Å². The molecule has 1 aliphatic carbocycles. The van der Waals surface area contributed by atoms with E-state index in [2.05, 4.69) is 54.0 Å². The molecule has 9 nitrogen and oxygen atoms in total. The van der Waals surface area contributed by atoms with Gasteiger partial charge in [-0.05, 0) is 62.9 Å². The Labute approximate surface area is 187 Å². The lowest BCUT2D eigenvalue weighted by atomic mass is 9.93. The van der Waals surface area contributed by atoms with Crippen LogP contribution in [0.15, 0.2) is 30.6 Å². The number of fused-ring (bicyclic) bond motifs is 1. The smallest absolute Gasteiger partial charge is 0.328 e. The quantitative estimate of drug-likeness (QED) is 0.544. The number of imidazole rings is 1. The van der Waals surface area contributed by atoms with Gasteiger partial charge in [-0.25, -0.2) is 14.3 Å². The molecule has 168 valence electrons. The number of amides is 1. The molecule has 1 saturated heterocycles. The molecule has 1 saturated carbocycles. The fraction of sp³-hybridized carbons (Fsp3) is 0.478. The van der Waals surface area contributed by atoms with E-state index in [0.29, 0.717) is 22.9 Å². The maximum Gasteiger partial charge on any atom is 0.328 e. The number of hydrogen-bond acceptors (Lipinski definition) is 7. The normalized spacial score (nSPS) is 17.2. The van der Waals surface area contributed by atoms with Crippen molar-refractivity contribution in [1.82, 2.24) is 29.7 Å². The number of aromatic nitrogens is 4. The molecule has 1 aliphatic heterocycles. The van der Waals surface area contributed by atoms with E-state index in [0.717, 1.165) is 44.6 Å². The molecule has 3 aromatic rings. The average molecular weight is 435 g/mol. The highest BCUT2D eigenvalue weighted by Crippen LogP contribution is 2.24. The van der Waals surface area contributed by atoms with Crippen LogP contribution in [0.25, 0.3) is 11.2 Å². The monoisotopic (exact) mass is 434 g/mol. The highest BCUT2D eigenvalue weighted by molar-refractivity contribution is 5.92. The van der Waals surface area contributed by atoms with Gasteiger partial charge in [0.25, 0.3) is 0 Å². The summed E-state index contributed by atoms with van der Waals surface area (Å²) in [6, 6.07) is 8.39. The number of piperidine rings is 1. The van der Waals surface area contributed by atoms with Gasteiger partial charge in [0, 0.05) is 25.3 Å². The van der Waals surface area contributed by atoms with Crippen LogP contribution in [0.2, 0.25) is 0 Å². The van der Waals surface area contributed by atoms with Gasteiger partial charge in [-0.2, -0.15) is 9.97 Å². The third-order valence-corrected chi connectivity index (χ3v) is 6.32. The summed E-state index contributed by atoms with van der Waals surface area (Å²) in [6.07, 6.45) is 8.61. The number of nitrogens with zero attached hydrogens (tertiary/aromatic N) is 5. The molecule has 2 fully saturated rings. The molecule has 5 rings (SSSR count). The maximum absolute atomic E-state index is 12.7. The minimum atomic E-state index is -0.201. The van der Waals surface area contributed by atoms with Crippen molar-refractivity contribution >= 4 is 34.6 Å². The third-order valence-electron chi connectivity index (χ3n) is 6.32. The number of hydrogen-bond donors (Lipinski definition) is 3. The van der Waals surface area contributed by atoms with E-state index in [9.17, 15) is 4.79 Å². The summed E-state index contributed by atoms with van der Waals surface area (Å²) in [7, 11) is 1.79. The Morgan fingerprint density at radius 1 is 1.12 bits per heavy atom. The first kappa shape index (κ1) is 20.7. The SMILES string of the molecule is CNc1nc(Nc2cccc(CN3CCCCC3)c2)nc2c1ncn2C(=O)NC1CCC1. The molecular weight excluding hydrogens is 404 g/mol. The largest absolute Gasteiger partial charge is 0.371 e. The molecule has 0 radical (unpaired) electrons. The second-order valence-electron chi connectivity index (χ2n) is 8.67. The minimum absolute atomic E-state index is 0.201. The lowest BCUT2D eigenvalue weighted by Crippen LogP contribution is -2.41. The first-order valence-corrected chi connectivity index (χ1v) is 11.5. The standard InChI is InChI=1S/C23H30N8O/c1-24-20-19-21(31(15-25-19)23(32)27-17-8-6-9-17)29-22(28-20)26-18-10-5-7-16(13-18)14-30-11-3-2-4-12-30/h5,7,10,13,15,17H,2-4,6,8-9,11-12,14H2,1H3,(H,27,32)(H2,24,26,28,29). The molecule has 2 aromatic heterocycles. The highest BCUT2D eigenvalue weighted by atomic mass is 16.2. The molecule has 32 heavy (non-hydrogen) atoms. The Balaban J connectivity index is 1.38. The molecule has 2 aliphatic rings. The lowest BCUT2D eigenvalue weighted by Gasteiger charge is -2.26. The summed E-state index contributed by atoms with van der Waals surface area (Å²) >= 11 is 0. The predicted octanol–water partition coefficient (Wildman–Crippen LogP) is 3.71. The van der Waals surface area contributed by atoms with Crippen molar-refractivity contribution in [3.05, 3.63) is 36.2 Å². The van der Waals surface area contributed by atoms with Crippen molar-refractivity contribution in [2.24, 2.45) is 0 Å². The first-order chi connectivity index (χ1) is 15.7. The molecule has 0 atom stereocenters. The summed E-state index contributed by atoms with van der Waals surface area (Å²) in [5.41, 5.74) is 3.23. The number of nitrogens with one attached hydrogen (secondary N) is 3. The van der Waals surface area contributed by atoms with Crippen molar-refractivity contribution in [3.63, 3.8) is 0 Å². The van der Waals surface area contributed by atoms with Crippen molar-refractivity contribution in [1.29, 1.82) is 0 Å². The number of benzene rings is 1. The molecule has 9 heteroatoms. The van der Waals surface area contributed by atoms with E-state index in [1.165, 1.54) is 35.7 Å². The van der Waals surface area contributed by atoms with E-state index < -0.39 is 0 Å². The Morgan fingerprint density at radius 3 is 2.72 bits per heavy atom. The van der Waals surface area contributed by atoms with Crippen molar-refractivity contribution in [2.45, 2.75) is 51.1 Å². The molecule has 3 heterocycles. The number of anilines is 3. The molecular formula is C23H30N8O. The average Bonchev–Trinajstić information content (AvgIpc) is 3.21. The van der Waals surface area contributed by atoms with E-state index in [1.807, 2.05) is 6.07 Å². The Morgan fingerprint density at radius 2 is 1.97 bits per heavy atom. The number of carbonyl (C=O) groups is 1. The van der Waals surface area contributed by atoms with Crippen LogP contribution in [-0.4, -0.2) is 56.6 Å². The maximum atomic E-state index is 12.7. The van der Waals surface area contributed by atoms with E-state index in [4.69, 9.17) is 0 Å². The van der Waals surface area contributed by atoms with Crippen molar-refractivity contribution < 1.29 is 4.79 Å². The van der Waals surface area contributed by atoms with Crippen molar-refractivity contribution in [2.75, 3.05) is 30.8 Å². The summed E-state index contributed by atoms with van der Waals surface area (Å²) in [5.74, 6) is 1.01. The summed E-state index contributed by atoms with van der Waals surface area (Å²) < 4.78 is 1.47. The number of rotatable bonds is 6. The van der Waals surface area contributed by atoms with Crippen LogP contribution in [0.1, 0.15) is 44.1 Å². The van der Waals surface area contributed by atoms with Gasteiger partial charge in [-0.3, -0.25) is 4.90 Å². The van der Waals surface area contributed by atoms with E-state index in [-0.39, 0.29) is 12.1 Å². The zero-order valence-corrected chi connectivity index (χ0v) is 18.5. The highest BCUT2D eigenvalue weighted by Gasteiger charge is 2.22. The lowest BCUT2D eigenvalue weighted by molar-refractivity contribution is 0.221. The van der Waals surface area contributed by atoms with Gasteiger partial charge in [0.1, 0.15) is 6.33 Å². The topological polar surface area (TPSA) is 100 Å². The summed E-state index contributed by atoms with van der Waals surface area (Å²) in [5, 5.41) is 9.43. The Bertz CT molecular complexity index is 1100. The van der Waals surface area contributed by atoms with Gasteiger partial charge in [-0.15, -0.1) is 0 Å². The van der Waals surface area contributed by atoms with Crippen LogP contribution in [0.3, 0.4) is 0 Å². The van der Waals surface area contributed by atoms with Crippen LogP contribution in [0.5, 0.6) is 0 Å². The zero-order valence-electron chi connectivity index (χ0n) is 18.5. The predicted molar refractivity (Wildman–Crippen MR) is 125 cm³/mol. The fourth-order valence-electron chi connectivity index (χ4n) is 4.33. The molecule has 0 bridgehead atoms. The number of likely N-dealkylation sites (tertiary alicyclic amines) is 1. The Hall–Kier alpha value is -3.20. The van der Waals surface area contributed by atoms with Crippen LogP contribution < -0.4 is 16.0 Å². The van der Waals surface area contributed by atoms with Gasteiger partial charge in [0.15, 0.2) is 17.0 Å². The Kier molecular flexibility index (Phi) is 5.89. The van der Waals surface area contributed by atoms with E-state index >= 15 is 0 Å². The summed E-state index contributed by atoms with van der Waals surface area (Å²) in [6.45, 7) is 3.27. The van der Waals surface area contributed by atoms with Gasteiger partial charge in [0.05, 0.1) is 0 Å². The molecule has 3 N–H and O–H groups in total. The van der Waals surface area contributed by atoms with E-state index in [1.54, 1.807) is 7.05 Å². The third kappa shape index (κ3) is 4.38. The van der Waals surface area contributed by atoms with Gasteiger partial charge in [-0.1, -0.05) is 18.6 Å². The molecule has 1 amide bonds. The second-order valence-corrected chi connectivity index (χ2v) is 8.67. The van der Waals surface area contributed by atoms with Gasteiger partial charge < -0.3 is 16.0 Å². The van der Waals surface area contributed by atoms with Crippen LogP contribution in [0.4, 0.5) is 22.2 Å². The fourth-order valence-corrected chi connectivity index (χ4v) is 4.33. The molecule has 0 unspecified atom stereocenters. The first-order valence-electron chi connectivity index (χ1n) is 11.5. The van der Waals surface area contributed by atoms with Gasteiger partial charge in [0.2, 0.25) is 5.95 Å². The number of carbonyl (C=O) groups excluding carboxylic acids is 1. The molecule has 0 spiro atoms. The second kappa shape index (κ2) is 9.12.